The molecule has 10 heteroatoms. The number of para-hydroxylation sites is 1. The second-order valence-electron chi connectivity index (χ2n) is 9.46. The number of nitrogens with zero attached hydrogens (tertiary/aromatic N) is 1. The van der Waals surface area contributed by atoms with E-state index in [9.17, 15) is 14.4 Å². The van der Waals surface area contributed by atoms with Crippen LogP contribution < -0.4 is 5.32 Å². The second-order valence-corrected chi connectivity index (χ2v) is 10.3. The first kappa shape index (κ1) is 23.3. The summed E-state index contributed by atoms with van der Waals surface area (Å²) < 4.78 is 11.4. The zero-order valence-electron chi connectivity index (χ0n) is 19.1. The summed E-state index contributed by atoms with van der Waals surface area (Å²) in [5, 5.41) is 4.26. The number of anilines is 1. The number of hydrogen-bond acceptors (Lipinski definition) is 5. The molecule has 8 nitrogen and oxygen atoms in total. The van der Waals surface area contributed by atoms with E-state index < -0.39 is 24.0 Å². The van der Waals surface area contributed by atoms with E-state index in [-0.39, 0.29) is 30.6 Å². The summed E-state index contributed by atoms with van der Waals surface area (Å²) in [6, 6.07) is 11.8. The van der Waals surface area contributed by atoms with Crippen LogP contribution in [-0.2, 0) is 25.5 Å². The number of amides is 3. The molecule has 3 amide bonds. The molecule has 3 aliphatic rings. The van der Waals surface area contributed by atoms with Crippen molar-refractivity contribution in [3.8, 4) is 0 Å². The number of likely N-dealkylation sites (tertiary alicyclic amines) is 1. The maximum atomic E-state index is 13.5. The average Bonchev–Trinajstić information content (AvgIpc) is 3.63. The number of halogens is 2. The van der Waals surface area contributed by atoms with E-state index in [0.717, 1.165) is 29.3 Å². The molecule has 6 rings (SSSR count). The van der Waals surface area contributed by atoms with Gasteiger partial charge in [0.15, 0.2) is 0 Å². The van der Waals surface area contributed by atoms with Crippen molar-refractivity contribution in [1.82, 2.24) is 9.88 Å². The minimum absolute atomic E-state index is 0.153. The van der Waals surface area contributed by atoms with Crippen molar-refractivity contribution >= 4 is 57.7 Å². The molecule has 2 bridgehead atoms. The molecule has 0 spiro atoms. The molecule has 3 aliphatic heterocycles. The standard InChI is InChI=1S/C26H23Cl2N3O5/c27-17-6-5-14(10-18(17)28)30-26(34)35-12-15(9-13-11-29-19-4-2-1-3-16(13)19)31-24(32)22-20-7-8-21(36-20)23(22)25(31)33/h1-6,10-11,15,20-23,29H,7-9,12H2,(H,30,34). The minimum atomic E-state index is -0.722. The van der Waals surface area contributed by atoms with Gasteiger partial charge in [-0.1, -0.05) is 41.4 Å². The van der Waals surface area contributed by atoms with Crippen LogP contribution in [0.25, 0.3) is 10.9 Å². The molecule has 0 saturated carbocycles. The summed E-state index contributed by atoms with van der Waals surface area (Å²) in [5.41, 5.74) is 2.30. The van der Waals surface area contributed by atoms with Gasteiger partial charge in [-0.15, -0.1) is 0 Å². The Bertz CT molecular complexity index is 1350. The number of fused-ring (bicyclic) bond motifs is 6. The van der Waals surface area contributed by atoms with Crippen molar-refractivity contribution in [2.75, 3.05) is 11.9 Å². The van der Waals surface area contributed by atoms with Crippen LogP contribution in [0.1, 0.15) is 18.4 Å². The third-order valence-electron chi connectivity index (χ3n) is 7.39. The van der Waals surface area contributed by atoms with Gasteiger partial charge in [-0.25, -0.2) is 4.79 Å². The van der Waals surface area contributed by atoms with Gasteiger partial charge in [0.2, 0.25) is 11.8 Å². The summed E-state index contributed by atoms with van der Waals surface area (Å²) in [6.45, 7) is -0.153. The zero-order chi connectivity index (χ0) is 25.0. The summed E-state index contributed by atoms with van der Waals surface area (Å²) >= 11 is 12.0. The predicted molar refractivity (Wildman–Crippen MR) is 134 cm³/mol. The Hall–Kier alpha value is -3.07. The quantitative estimate of drug-likeness (QED) is 0.448. The van der Waals surface area contributed by atoms with Crippen LogP contribution in [0, 0.1) is 11.8 Å². The highest BCUT2D eigenvalue weighted by Gasteiger charge is 2.63. The monoisotopic (exact) mass is 527 g/mol. The van der Waals surface area contributed by atoms with Gasteiger partial charge >= 0.3 is 6.09 Å². The molecule has 36 heavy (non-hydrogen) atoms. The number of nitrogens with one attached hydrogen (secondary N) is 2. The van der Waals surface area contributed by atoms with Crippen LogP contribution in [0.3, 0.4) is 0 Å². The number of rotatable bonds is 6. The molecule has 3 saturated heterocycles. The molecule has 3 fully saturated rings. The smallest absolute Gasteiger partial charge is 0.411 e. The molecule has 4 heterocycles. The summed E-state index contributed by atoms with van der Waals surface area (Å²) in [7, 11) is 0. The molecular weight excluding hydrogens is 505 g/mol. The van der Waals surface area contributed by atoms with Crippen molar-refractivity contribution in [3.05, 3.63) is 64.3 Å². The lowest BCUT2D eigenvalue weighted by atomic mass is 9.81. The Labute approximate surface area is 216 Å². The highest BCUT2D eigenvalue weighted by atomic mass is 35.5. The molecule has 186 valence electrons. The lowest BCUT2D eigenvalue weighted by Crippen LogP contribution is -2.46. The Morgan fingerprint density at radius 3 is 2.53 bits per heavy atom. The number of H-pyrrole nitrogens is 1. The fourth-order valence-electron chi connectivity index (χ4n) is 5.77. The van der Waals surface area contributed by atoms with Crippen LogP contribution in [0.4, 0.5) is 10.5 Å². The molecule has 0 aliphatic carbocycles. The van der Waals surface area contributed by atoms with E-state index in [1.54, 1.807) is 12.1 Å². The molecule has 2 N–H and O–H groups in total. The van der Waals surface area contributed by atoms with Gasteiger partial charge in [0.05, 0.1) is 40.1 Å². The lowest BCUT2D eigenvalue weighted by Gasteiger charge is -2.27. The molecule has 5 unspecified atom stereocenters. The van der Waals surface area contributed by atoms with Crippen molar-refractivity contribution in [2.24, 2.45) is 11.8 Å². The van der Waals surface area contributed by atoms with Crippen molar-refractivity contribution in [3.63, 3.8) is 0 Å². The van der Waals surface area contributed by atoms with Crippen LogP contribution in [0.2, 0.25) is 10.0 Å². The van der Waals surface area contributed by atoms with E-state index in [2.05, 4.69) is 10.3 Å². The van der Waals surface area contributed by atoms with E-state index >= 15 is 0 Å². The Balaban J connectivity index is 1.24. The van der Waals surface area contributed by atoms with Crippen LogP contribution in [0.15, 0.2) is 48.7 Å². The molecule has 2 aromatic carbocycles. The number of carbonyl (C=O) groups excluding carboxylic acids is 3. The van der Waals surface area contributed by atoms with Gasteiger partial charge in [-0.3, -0.25) is 19.8 Å². The Kier molecular flexibility index (Phi) is 5.90. The first-order valence-corrected chi connectivity index (χ1v) is 12.6. The number of aromatic nitrogens is 1. The number of aromatic amines is 1. The average molecular weight is 528 g/mol. The first-order valence-electron chi connectivity index (χ1n) is 11.9. The topological polar surface area (TPSA) is 101 Å². The van der Waals surface area contributed by atoms with Crippen molar-refractivity contribution < 1.29 is 23.9 Å². The maximum Gasteiger partial charge on any atom is 0.411 e. The number of hydrogen-bond donors (Lipinski definition) is 2. The summed E-state index contributed by atoms with van der Waals surface area (Å²) in [6.07, 6.45) is 2.63. The van der Waals surface area contributed by atoms with Crippen molar-refractivity contribution in [1.29, 1.82) is 0 Å². The Morgan fingerprint density at radius 2 is 1.81 bits per heavy atom. The van der Waals surface area contributed by atoms with Crippen LogP contribution >= 0.6 is 23.2 Å². The second kappa shape index (κ2) is 9.10. The highest BCUT2D eigenvalue weighted by Crippen LogP contribution is 2.49. The van der Waals surface area contributed by atoms with Crippen LogP contribution in [-0.4, -0.2) is 52.6 Å². The van der Waals surface area contributed by atoms with Gasteiger partial charge in [0, 0.05) is 22.8 Å². The van der Waals surface area contributed by atoms with Crippen LogP contribution in [0.5, 0.6) is 0 Å². The summed E-state index contributed by atoms with van der Waals surface area (Å²) in [4.78, 5) is 44.1. The van der Waals surface area contributed by atoms with Gasteiger partial charge in [0.25, 0.3) is 0 Å². The fraction of sp³-hybridized carbons (Fsp3) is 0.346. The number of benzene rings is 2. The van der Waals surface area contributed by atoms with Gasteiger partial charge in [-0.05, 0) is 49.1 Å². The van der Waals surface area contributed by atoms with E-state index in [1.165, 1.54) is 11.0 Å². The molecular formula is C26H23Cl2N3O5. The number of imide groups is 1. The zero-order valence-corrected chi connectivity index (χ0v) is 20.6. The normalized spacial score (nSPS) is 25.4. The molecule has 0 radical (unpaired) electrons. The van der Waals surface area contributed by atoms with E-state index in [4.69, 9.17) is 32.7 Å². The third-order valence-corrected chi connectivity index (χ3v) is 8.13. The van der Waals surface area contributed by atoms with Crippen molar-refractivity contribution in [2.45, 2.75) is 37.5 Å². The summed E-state index contributed by atoms with van der Waals surface area (Å²) in [5.74, 6) is -1.38. The Morgan fingerprint density at radius 1 is 1.08 bits per heavy atom. The number of carbonyl (C=O) groups is 3. The van der Waals surface area contributed by atoms with Gasteiger partial charge in [0.1, 0.15) is 6.61 Å². The van der Waals surface area contributed by atoms with Gasteiger partial charge < -0.3 is 14.5 Å². The van der Waals surface area contributed by atoms with Gasteiger partial charge in [-0.2, -0.15) is 0 Å². The molecule has 5 atom stereocenters. The fourth-order valence-corrected chi connectivity index (χ4v) is 6.07. The lowest BCUT2D eigenvalue weighted by molar-refractivity contribution is -0.146. The number of ether oxygens (including phenoxy) is 2. The predicted octanol–water partition coefficient (Wildman–Crippen LogP) is 4.80. The molecule has 3 aromatic rings. The van der Waals surface area contributed by atoms with E-state index in [0.29, 0.717) is 22.2 Å². The third kappa shape index (κ3) is 3.93. The minimum Gasteiger partial charge on any atom is -0.447 e. The van der Waals surface area contributed by atoms with E-state index in [1.807, 2.05) is 30.5 Å². The maximum absolute atomic E-state index is 13.5. The largest absolute Gasteiger partial charge is 0.447 e. The molecule has 1 aromatic heterocycles. The SMILES string of the molecule is O=C(Nc1ccc(Cl)c(Cl)c1)OCC(Cc1c[nH]c2ccccc12)N1C(=O)C2C3CCC(O3)C2C1=O. The highest BCUT2D eigenvalue weighted by molar-refractivity contribution is 6.42. The first-order chi connectivity index (χ1) is 17.4.